The Kier molecular flexibility index (Phi) is 42.4. The number of phenolic OH excluding ortho intramolecular Hbond substituents is 4. The summed E-state index contributed by atoms with van der Waals surface area (Å²) in [5, 5.41) is 37.6. The van der Waals surface area contributed by atoms with E-state index in [0.29, 0.717) is 52.6 Å². The maximum absolute atomic E-state index is 9.41. The van der Waals surface area contributed by atoms with E-state index in [1.165, 1.54) is 182 Å². The number of benzene rings is 4. The molecule has 0 saturated carbocycles. The Labute approximate surface area is 545 Å². The Morgan fingerprint density at radius 3 is 1.01 bits per heavy atom. The number of aromatic hydroxyl groups is 4. The Bertz CT molecular complexity index is 2330. The van der Waals surface area contributed by atoms with Crippen LogP contribution in [0.5, 0.6) is 23.0 Å². The van der Waals surface area contributed by atoms with Crippen molar-refractivity contribution in [3.63, 3.8) is 0 Å². The Balaban J connectivity index is 0.000000587. The zero-order chi connectivity index (χ0) is 66.2. The summed E-state index contributed by atoms with van der Waals surface area (Å²) in [7, 11) is 0. The predicted molar refractivity (Wildman–Crippen MR) is 390 cm³/mol. The highest BCUT2D eigenvalue weighted by atomic mass is 16.3. The van der Waals surface area contributed by atoms with Crippen LogP contribution in [0.25, 0.3) is 0 Å². The van der Waals surface area contributed by atoms with Gasteiger partial charge in [0.2, 0.25) is 0 Å². The van der Waals surface area contributed by atoms with Crippen LogP contribution in [-0.4, -0.2) is 20.4 Å². The number of rotatable bonds is 39. The third-order valence-corrected chi connectivity index (χ3v) is 20.1. The lowest BCUT2D eigenvalue weighted by Gasteiger charge is -2.26. The van der Waals surface area contributed by atoms with Crippen molar-refractivity contribution in [1.82, 2.24) is 0 Å². The highest BCUT2D eigenvalue weighted by Gasteiger charge is 2.23. The lowest BCUT2D eigenvalue weighted by molar-refractivity contribution is 0.379. The fraction of sp³-hybridized carbons (Fsp3) is 0.667. The number of allylic oxidation sites excluding steroid dienone is 3. The van der Waals surface area contributed by atoms with Crippen LogP contribution in [0.2, 0.25) is 0 Å². The fourth-order valence-corrected chi connectivity index (χ4v) is 12.2. The van der Waals surface area contributed by atoms with Crippen molar-refractivity contribution in [3.8, 4) is 23.0 Å². The van der Waals surface area contributed by atoms with Gasteiger partial charge < -0.3 is 20.4 Å². The molecule has 4 N–H and O–H groups in total. The van der Waals surface area contributed by atoms with Crippen LogP contribution in [0, 0.1) is 53.3 Å². The van der Waals surface area contributed by atoms with E-state index in [1.54, 1.807) is 48.5 Å². The molecule has 88 heavy (non-hydrogen) atoms. The minimum absolute atomic E-state index is 0.185. The second kappa shape index (κ2) is 45.8. The summed E-state index contributed by atoms with van der Waals surface area (Å²) < 4.78 is 0. The summed E-state index contributed by atoms with van der Waals surface area (Å²) >= 11 is 0. The topological polar surface area (TPSA) is 80.9 Å². The van der Waals surface area contributed by atoms with Gasteiger partial charge in [-0.25, -0.2) is 0 Å². The van der Waals surface area contributed by atoms with Gasteiger partial charge in [0.15, 0.2) is 0 Å². The molecule has 4 aromatic carbocycles. The van der Waals surface area contributed by atoms with Crippen LogP contribution in [0.15, 0.2) is 121 Å². The number of hydrogen-bond donors (Lipinski definition) is 4. The molecule has 0 aromatic heterocycles. The SMILES string of the molecule is C=CC(C)CCCC(C)CCCC(C)(C)c1ccc(O)cc1.CC(C)=CCCC(C)CCCC(C)C(C)c1ccc(O)cc1.CC(C)CCCC(C)CCCC(C)C(C)c1ccc(O)cc1.CCC(C)CCCC(C)CCCC(C)(C)c1ccc(O)cc1. The molecule has 0 aliphatic heterocycles. The highest BCUT2D eigenvalue weighted by molar-refractivity contribution is 5.32. The number of hydrogen-bond acceptors (Lipinski definition) is 4. The molecule has 0 spiro atoms. The lowest BCUT2D eigenvalue weighted by Crippen LogP contribution is -2.17. The second-order valence-electron chi connectivity index (χ2n) is 30.4. The van der Waals surface area contributed by atoms with Gasteiger partial charge >= 0.3 is 0 Å². The summed E-state index contributed by atoms with van der Waals surface area (Å²) in [5.41, 5.74) is 7.14. The van der Waals surface area contributed by atoms with Crippen molar-refractivity contribution in [2.45, 2.75) is 308 Å². The molecule has 0 fully saturated rings. The Morgan fingerprint density at radius 1 is 0.386 bits per heavy atom. The molecule has 4 nitrogen and oxygen atoms in total. The van der Waals surface area contributed by atoms with Crippen molar-refractivity contribution in [3.05, 3.63) is 144 Å². The summed E-state index contributed by atoms with van der Waals surface area (Å²) in [6, 6.07) is 30.8. The van der Waals surface area contributed by atoms with E-state index in [1.807, 2.05) is 0 Å². The van der Waals surface area contributed by atoms with Crippen LogP contribution in [0.4, 0.5) is 0 Å². The zero-order valence-electron chi connectivity index (χ0n) is 60.7. The smallest absolute Gasteiger partial charge is 0.115 e. The zero-order valence-corrected chi connectivity index (χ0v) is 60.7. The maximum atomic E-state index is 9.41. The van der Waals surface area contributed by atoms with Gasteiger partial charge in [0.1, 0.15) is 23.0 Å². The van der Waals surface area contributed by atoms with Crippen LogP contribution < -0.4 is 0 Å². The van der Waals surface area contributed by atoms with Gasteiger partial charge in [0.25, 0.3) is 0 Å². The van der Waals surface area contributed by atoms with E-state index in [0.717, 1.165) is 35.5 Å². The van der Waals surface area contributed by atoms with Crippen molar-refractivity contribution in [2.24, 2.45) is 53.3 Å². The van der Waals surface area contributed by atoms with E-state index >= 15 is 0 Å². The van der Waals surface area contributed by atoms with Crippen LogP contribution in [0.3, 0.4) is 0 Å². The minimum atomic E-state index is 0.185. The van der Waals surface area contributed by atoms with Crippen molar-refractivity contribution in [2.75, 3.05) is 0 Å². The van der Waals surface area contributed by atoms with Gasteiger partial charge in [0, 0.05) is 0 Å². The molecule has 4 heteroatoms. The Morgan fingerprint density at radius 2 is 0.682 bits per heavy atom. The van der Waals surface area contributed by atoms with Crippen LogP contribution in [0.1, 0.15) is 320 Å². The van der Waals surface area contributed by atoms with E-state index in [2.05, 4.69) is 199 Å². The van der Waals surface area contributed by atoms with E-state index in [9.17, 15) is 20.4 Å². The molecule has 4 aromatic rings. The first-order valence-electron chi connectivity index (χ1n) is 35.9. The maximum Gasteiger partial charge on any atom is 0.115 e. The molecule has 0 radical (unpaired) electrons. The van der Waals surface area contributed by atoms with Crippen molar-refractivity contribution in [1.29, 1.82) is 0 Å². The first kappa shape index (κ1) is 81.6. The van der Waals surface area contributed by atoms with Gasteiger partial charge in [0.05, 0.1) is 0 Å². The first-order valence-corrected chi connectivity index (χ1v) is 35.9. The predicted octanol–water partition coefficient (Wildman–Crippen LogP) is 26.6. The summed E-state index contributed by atoms with van der Waals surface area (Å²) in [5.74, 6) is 9.68. The van der Waals surface area contributed by atoms with Gasteiger partial charge in [-0.1, -0.05) is 306 Å². The van der Waals surface area contributed by atoms with E-state index < -0.39 is 0 Å². The molecule has 0 heterocycles. The molecule has 0 aliphatic carbocycles. The quantitative estimate of drug-likeness (QED) is 0.0336. The molecule has 0 aliphatic rings. The third kappa shape index (κ3) is 38.3. The second-order valence-corrected chi connectivity index (χ2v) is 30.4. The van der Waals surface area contributed by atoms with E-state index in [4.69, 9.17) is 0 Å². The molecule has 10 atom stereocenters. The largest absolute Gasteiger partial charge is 0.508 e. The highest BCUT2D eigenvalue weighted by Crippen LogP contribution is 2.35. The van der Waals surface area contributed by atoms with Gasteiger partial charge in [-0.15, -0.1) is 6.58 Å². The fourth-order valence-electron chi connectivity index (χ4n) is 12.2. The molecule has 0 saturated heterocycles. The standard InChI is InChI=1S/C21H36O.C21H34O.C21H36O.C21H34O/c2*1-16(2)8-6-9-17(3)10-7-11-18(4)19(5)20-12-14-21(22)15-13-20;2*1-6-17(2)9-7-10-18(3)11-8-16-21(4,5)19-12-14-20(22)15-13-19/h12-19,22H,6-11H2,1-5H3;8,12-15,17-19,22H,6-7,9-11H2,1-5H3;12-15,17-18,22H,6-11,16H2,1-5H3;6,12-15,17-18,22H,1,7-11,16H2,2-5H3. The Hall–Kier alpha value is -4.44. The molecule has 10 unspecified atom stereocenters. The van der Waals surface area contributed by atoms with E-state index in [-0.39, 0.29) is 10.8 Å². The third-order valence-electron chi connectivity index (χ3n) is 20.1. The monoisotopic (exact) mass is 1210 g/mol. The molecule has 0 amide bonds. The van der Waals surface area contributed by atoms with Gasteiger partial charge in [-0.3, -0.25) is 0 Å². The van der Waals surface area contributed by atoms with Crippen molar-refractivity contribution < 1.29 is 20.4 Å². The van der Waals surface area contributed by atoms with Gasteiger partial charge in [-0.05, 0) is 193 Å². The summed E-state index contributed by atoms with van der Waals surface area (Å²) in [6.07, 6.45) is 36.1. The van der Waals surface area contributed by atoms with Crippen molar-refractivity contribution >= 4 is 0 Å². The first-order chi connectivity index (χ1) is 41.5. The van der Waals surface area contributed by atoms with Crippen LogP contribution in [-0.2, 0) is 10.8 Å². The molecule has 500 valence electrons. The molecule has 4 rings (SSSR count). The molecular weight excluding hydrogens is 1070 g/mol. The molecule has 0 bridgehead atoms. The molecular formula is C84H140O4. The minimum Gasteiger partial charge on any atom is -0.508 e. The summed E-state index contributed by atoms with van der Waals surface area (Å²) in [6.45, 7) is 47.9. The average molecular weight is 1210 g/mol. The lowest BCUT2D eigenvalue weighted by atomic mass is 9.79. The van der Waals surface area contributed by atoms with Crippen LogP contribution >= 0.6 is 0 Å². The normalized spacial score (nSPS) is 15.0. The van der Waals surface area contributed by atoms with Gasteiger partial charge in [-0.2, -0.15) is 0 Å². The average Bonchev–Trinajstić information content (AvgIpc) is 3.69. The number of phenols is 4. The summed E-state index contributed by atoms with van der Waals surface area (Å²) in [4.78, 5) is 0.